The molecule has 12 heteroatoms. The largest absolute Gasteiger partial charge is 0.481 e. The molecule has 2 aromatic heterocycles. The number of aliphatic carboxylic acids is 2. The zero-order valence-corrected chi connectivity index (χ0v) is 57.2. The van der Waals surface area contributed by atoms with Crippen molar-refractivity contribution < 1.29 is 38.9 Å². The van der Waals surface area contributed by atoms with E-state index in [1.54, 1.807) is 20.0 Å². The lowest BCUT2D eigenvalue weighted by molar-refractivity contribution is -0.137. The van der Waals surface area contributed by atoms with Gasteiger partial charge in [-0.2, -0.15) is 0 Å². The Balaban J connectivity index is 0.000000212. The average Bonchev–Trinajstić information content (AvgIpc) is 0.987. The van der Waals surface area contributed by atoms with Gasteiger partial charge in [-0.3, -0.25) is 24.4 Å². The number of carboxylic acid groups (broad SMARTS) is 2. The van der Waals surface area contributed by atoms with Gasteiger partial charge in [-0.05, 0) is 183 Å². The number of benzene rings is 8. The van der Waals surface area contributed by atoms with Gasteiger partial charge in [0.2, 0.25) is 5.91 Å². The van der Waals surface area contributed by atoms with E-state index in [9.17, 15) is 24.0 Å². The summed E-state index contributed by atoms with van der Waals surface area (Å²) in [5, 5.41) is 25.9. The molecule has 0 spiro atoms. The first kappa shape index (κ1) is 75.1. The highest BCUT2D eigenvalue weighted by molar-refractivity contribution is 6.00. The Morgan fingerprint density at radius 3 is 1.23 bits per heavy atom. The number of anilines is 2. The molecule has 8 aromatic carbocycles. The number of carbonyl (C=O) groups is 5. The predicted molar refractivity (Wildman–Crippen MR) is 391 cm³/mol. The van der Waals surface area contributed by atoms with Gasteiger partial charge in [0.1, 0.15) is 0 Å². The van der Waals surface area contributed by atoms with Crippen LogP contribution in [0.1, 0.15) is 150 Å². The number of ether oxygens (including phenoxy) is 1. The highest BCUT2D eigenvalue weighted by Gasteiger charge is 2.16. The van der Waals surface area contributed by atoms with Crippen molar-refractivity contribution in [1.29, 1.82) is 0 Å². The topological polar surface area (TPSA) is 185 Å². The normalized spacial score (nSPS) is 11.7. The molecule has 10 aromatic rings. The number of nitrogens with zero attached hydrogens (tertiary/aromatic N) is 2. The lowest BCUT2D eigenvalue weighted by atomic mass is 9.93. The maximum Gasteiger partial charge on any atom is 0.330 e. The number of amides is 1. The number of pyridine rings is 2. The quantitative estimate of drug-likeness (QED) is 0.0386. The Kier molecular flexibility index (Phi) is 30.9. The number of nitrogens with one attached hydrogen (secondary N) is 2. The SMILES string of the molecule is C/C(=C\C(=O)O)c1ccccc1C.CC(=O)c1ccccc1C.COC(=O)/C=C(\C)c1ccccc1C.Cc1ccccc1C(C)CC(=O)Nc1cccc2cccnc12.Cc1ccccc1C(C)CC(=O)O.Cc1ccccc1C(C)CCNc1cccc2cccnc12. The number of carbonyl (C=O) groups excluding carboxylic acids is 3. The van der Waals surface area contributed by atoms with Crippen LogP contribution in [0, 0.1) is 41.5 Å². The molecule has 0 fully saturated rings. The van der Waals surface area contributed by atoms with Crippen LogP contribution in [0.15, 0.2) is 231 Å². The summed E-state index contributed by atoms with van der Waals surface area (Å²) in [7, 11) is 1.38. The molecule has 0 aliphatic rings. The number of hydrogen-bond acceptors (Lipinski definition) is 9. The molecule has 0 radical (unpaired) electrons. The number of hydrogen-bond donors (Lipinski definition) is 4. The molecule has 2 heterocycles. The van der Waals surface area contributed by atoms with Crippen LogP contribution in [0.5, 0.6) is 0 Å². The third-order valence-electron chi connectivity index (χ3n) is 16.1. The van der Waals surface area contributed by atoms with Crippen LogP contribution in [-0.2, 0) is 23.9 Å². The fourth-order valence-corrected chi connectivity index (χ4v) is 11.0. The number of aryl methyl sites for hydroxylation is 6. The molecule has 3 atom stereocenters. The van der Waals surface area contributed by atoms with Gasteiger partial charge in [0.25, 0.3) is 0 Å². The second-order valence-electron chi connectivity index (χ2n) is 23.6. The molecular weight excluding hydrogens is 1180 g/mol. The summed E-state index contributed by atoms with van der Waals surface area (Å²) in [6.07, 6.45) is 8.08. The Labute approximate surface area is 561 Å². The van der Waals surface area contributed by atoms with Gasteiger partial charge in [0, 0.05) is 53.8 Å². The predicted octanol–water partition coefficient (Wildman–Crippen LogP) is 19.6. The van der Waals surface area contributed by atoms with E-state index in [0.29, 0.717) is 12.3 Å². The number of methoxy groups -OCH3 is 1. The number of aromatic nitrogens is 2. The van der Waals surface area contributed by atoms with E-state index in [0.717, 1.165) is 96.4 Å². The van der Waals surface area contributed by atoms with Crippen LogP contribution < -0.4 is 10.6 Å². The summed E-state index contributed by atoms with van der Waals surface area (Å²) in [6.45, 7) is 24.8. The molecule has 0 saturated carbocycles. The fraction of sp³-hybridized carbons (Fsp3) is 0.241. The summed E-state index contributed by atoms with van der Waals surface area (Å²) >= 11 is 0. The van der Waals surface area contributed by atoms with Crippen molar-refractivity contribution in [3.63, 3.8) is 0 Å². The van der Waals surface area contributed by atoms with E-state index < -0.39 is 11.9 Å². The van der Waals surface area contributed by atoms with Gasteiger partial charge in [0.15, 0.2) is 5.78 Å². The van der Waals surface area contributed by atoms with E-state index in [4.69, 9.17) is 10.2 Å². The first-order valence-electron chi connectivity index (χ1n) is 31.9. The second-order valence-corrected chi connectivity index (χ2v) is 23.6. The molecule has 95 heavy (non-hydrogen) atoms. The molecule has 0 aliphatic carbocycles. The van der Waals surface area contributed by atoms with E-state index >= 15 is 0 Å². The third-order valence-corrected chi connectivity index (χ3v) is 16.1. The number of allylic oxidation sites excluding steroid dienone is 2. The Hall–Kier alpha value is -10.6. The Morgan fingerprint density at radius 2 is 0.821 bits per heavy atom. The minimum atomic E-state index is -0.902. The third kappa shape index (κ3) is 24.8. The molecule has 1 amide bonds. The van der Waals surface area contributed by atoms with Gasteiger partial charge < -0.3 is 25.6 Å². The van der Waals surface area contributed by atoms with Gasteiger partial charge in [-0.1, -0.05) is 203 Å². The molecule has 0 bridgehead atoms. The van der Waals surface area contributed by atoms with Crippen LogP contribution in [-0.4, -0.2) is 63.4 Å². The maximum atomic E-state index is 12.4. The zero-order valence-electron chi connectivity index (χ0n) is 57.2. The molecule has 12 nitrogen and oxygen atoms in total. The minimum absolute atomic E-state index is 0.0129. The highest BCUT2D eigenvalue weighted by Crippen LogP contribution is 2.28. The summed E-state index contributed by atoms with van der Waals surface area (Å²) in [5.74, 6) is -0.978. The van der Waals surface area contributed by atoms with Crippen LogP contribution in [0.25, 0.3) is 33.0 Å². The van der Waals surface area contributed by atoms with E-state index in [2.05, 4.69) is 114 Å². The van der Waals surface area contributed by atoms with Crippen molar-refractivity contribution in [2.75, 3.05) is 24.3 Å². The average molecular weight is 1270 g/mol. The number of esters is 1. The van der Waals surface area contributed by atoms with Gasteiger partial charge >= 0.3 is 17.9 Å². The van der Waals surface area contributed by atoms with E-state index in [1.807, 2.05) is 193 Å². The van der Waals surface area contributed by atoms with Crippen molar-refractivity contribution in [3.8, 4) is 0 Å². The lowest BCUT2D eigenvalue weighted by Gasteiger charge is -2.16. The molecular formula is C83H92N4O8. The smallest absolute Gasteiger partial charge is 0.330 e. The number of carboxylic acids is 2. The van der Waals surface area contributed by atoms with E-state index in [1.165, 1.54) is 46.9 Å². The summed E-state index contributed by atoms with van der Waals surface area (Å²) in [4.78, 5) is 64.1. The van der Waals surface area contributed by atoms with Crippen molar-refractivity contribution >= 4 is 73.9 Å². The monoisotopic (exact) mass is 1270 g/mol. The van der Waals surface area contributed by atoms with E-state index in [-0.39, 0.29) is 35.9 Å². The number of ketones is 1. The van der Waals surface area contributed by atoms with Crippen LogP contribution in [0.3, 0.4) is 0 Å². The highest BCUT2D eigenvalue weighted by atomic mass is 16.5. The van der Waals surface area contributed by atoms with Crippen molar-refractivity contribution in [2.45, 2.75) is 120 Å². The summed E-state index contributed by atoms with van der Waals surface area (Å²) in [5.41, 5.74) is 19.2. The maximum absolute atomic E-state index is 12.4. The first-order chi connectivity index (χ1) is 45.5. The summed E-state index contributed by atoms with van der Waals surface area (Å²) < 4.78 is 4.57. The molecule has 3 unspecified atom stereocenters. The molecule has 10 rings (SSSR count). The minimum Gasteiger partial charge on any atom is -0.481 e. The van der Waals surface area contributed by atoms with Gasteiger partial charge in [0.05, 0.1) is 35.9 Å². The molecule has 492 valence electrons. The zero-order chi connectivity index (χ0) is 69.4. The first-order valence-corrected chi connectivity index (χ1v) is 31.9. The number of rotatable bonds is 17. The van der Waals surface area contributed by atoms with Crippen LogP contribution in [0.2, 0.25) is 0 Å². The lowest BCUT2D eigenvalue weighted by Crippen LogP contribution is -2.15. The number of fused-ring (bicyclic) bond motifs is 2. The molecule has 4 N–H and O–H groups in total. The standard InChI is InChI=1S/C20H20N2O.C20H22N2.C12H14O2.C11H14O2.C11H12O2.C9H10O/c1-14-7-3-4-10-17(14)15(2)13-19(23)22-18-11-5-8-16-9-6-12-21-20(16)18;1-15-7-3-4-10-18(15)16(2)12-14-21-19-11-5-8-17-9-6-13-22-20(17)19;1-9-6-4-5-7-11(9)10(2)8-12(13)14-3;2*1-8-5-3-4-6-10(8)9(2)7-11(12)13;1-7-5-3-4-6-9(7)8(2)10/h3-12,15H,13H2,1-2H3,(H,22,23);3-11,13,16,21H,12,14H2,1-2H3;4-8H,1-3H3;3-6,9H,7H2,1-2H3,(H,12,13);3-7H,1-2H3,(H,12,13);3-6H,1-2H3/b;;10-8+;;9-7+;. The second kappa shape index (κ2) is 39.1. The molecule has 0 saturated heterocycles. The van der Waals surface area contributed by atoms with Gasteiger partial charge in [-0.15, -0.1) is 0 Å². The van der Waals surface area contributed by atoms with Crippen LogP contribution in [0.4, 0.5) is 11.4 Å². The number of para-hydroxylation sites is 2. The molecule has 0 aliphatic heterocycles. The summed E-state index contributed by atoms with van der Waals surface area (Å²) in [6, 6.07) is 68.1. The Morgan fingerprint density at radius 1 is 0.442 bits per heavy atom. The number of Topliss-reactive ketones (excluding diaryl/α,β-unsaturated/α-hetero) is 1. The fourth-order valence-electron chi connectivity index (χ4n) is 11.0. The van der Waals surface area contributed by atoms with Crippen molar-refractivity contribution in [2.24, 2.45) is 0 Å². The van der Waals surface area contributed by atoms with Gasteiger partial charge in [-0.25, -0.2) is 9.59 Å². The van der Waals surface area contributed by atoms with Crippen molar-refractivity contribution in [1.82, 2.24) is 9.97 Å². The van der Waals surface area contributed by atoms with Crippen molar-refractivity contribution in [3.05, 3.63) is 298 Å². The Bertz CT molecular complexity index is 4210. The van der Waals surface area contributed by atoms with Crippen LogP contribution >= 0.6 is 0 Å².